The minimum atomic E-state index is 1.01. The standard InChI is InChI=1S/C34H23N/c1-4-10-24-20(7-1)16-27-25(24)13-14-26-28-18-23-15-21-8-2-5-11-32(21)35-33-12-6-3-9-22(33)17-31(34(23)35)30(28)19-29(26)27/h1-14,18H,15-17,19H2. The van der Waals surface area contributed by atoms with E-state index < -0.39 is 0 Å². The van der Waals surface area contributed by atoms with Gasteiger partial charge < -0.3 is 4.90 Å². The van der Waals surface area contributed by atoms with E-state index in [1.807, 2.05) is 0 Å². The molecule has 9 rings (SSSR count). The predicted octanol–water partition coefficient (Wildman–Crippen LogP) is 8.11. The number of nitrogens with zero attached hydrogens (tertiary/aromatic N) is 1. The zero-order valence-corrected chi connectivity index (χ0v) is 19.4. The van der Waals surface area contributed by atoms with E-state index in [0.717, 1.165) is 25.7 Å². The van der Waals surface area contributed by atoms with Gasteiger partial charge in [0.1, 0.15) is 0 Å². The molecule has 164 valence electrons. The first-order chi connectivity index (χ1) is 17.3. The molecule has 2 heterocycles. The van der Waals surface area contributed by atoms with Gasteiger partial charge >= 0.3 is 0 Å². The molecule has 0 saturated carbocycles. The van der Waals surface area contributed by atoms with Crippen LogP contribution in [-0.4, -0.2) is 0 Å². The highest BCUT2D eigenvalue weighted by atomic mass is 15.2. The topological polar surface area (TPSA) is 3.24 Å². The molecule has 4 aliphatic rings. The maximum absolute atomic E-state index is 2.56. The molecular formula is C34H23N. The summed E-state index contributed by atoms with van der Waals surface area (Å²) in [6, 6.07) is 34.3. The van der Waals surface area contributed by atoms with Crippen LogP contribution in [-0.2, 0) is 25.7 Å². The van der Waals surface area contributed by atoms with Gasteiger partial charge in [0, 0.05) is 24.2 Å². The first kappa shape index (κ1) is 18.3. The highest BCUT2D eigenvalue weighted by Gasteiger charge is 2.37. The minimum absolute atomic E-state index is 1.01. The van der Waals surface area contributed by atoms with E-state index in [2.05, 4.69) is 95.9 Å². The Kier molecular flexibility index (Phi) is 3.29. The fourth-order valence-corrected chi connectivity index (χ4v) is 7.30. The maximum Gasteiger partial charge on any atom is 0.0535 e. The van der Waals surface area contributed by atoms with E-state index in [1.54, 1.807) is 22.3 Å². The third-order valence-electron chi connectivity index (χ3n) is 8.78. The lowest BCUT2D eigenvalue weighted by molar-refractivity contribution is 0.992. The summed E-state index contributed by atoms with van der Waals surface area (Å²) in [4.78, 5) is 2.56. The first-order valence-corrected chi connectivity index (χ1v) is 12.7. The molecule has 5 aromatic rings. The summed E-state index contributed by atoms with van der Waals surface area (Å²) in [6.45, 7) is 0. The van der Waals surface area contributed by atoms with Gasteiger partial charge in [-0.05, 0) is 97.8 Å². The molecule has 0 unspecified atom stereocenters. The molecule has 0 saturated heterocycles. The Bertz CT molecular complexity index is 1740. The lowest BCUT2D eigenvalue weighted by Gasteiger charge is -2.40. The summed E-state index contributed by atoms with van der Waals surface area (Å²) in [5.41, 5.74) is 22.0. The summed E-state index contributed by atoms with van der Waals surface area (Å²) in [5, 5.41) is 0. The van der Waals surface area contributed by atoms with Crippen molar-refractivity contribution < 1.29 is 0 Å². The lowest BCUT2D eigenvalue weighted by Crippen LogP contribution is -2.25. The minimum Gasteiger partial charge on any atom is -0.309 e. The Hall–Kier alpha value is -4.10. The number of anilines is 3. The molecule has 0 bridgehead atoms. The summed E-state index contributed by atoms with van der Waals surface area (Å²) in [6.07, 6.45) is 4.16. The van der Waals surface area contributed by atoms with Crippen molar-refractivity contribution in [3.63, 3.8) is 0 Å². The Morgan fingerprint density at radius 2 is 0.971 bits per heavy atom. The molecular weight excluding hydrogens is 422 g/mol. The fourth-order valence-electron chi connectivity index (χ4n) is 7.30. The zero-order valence-electron chi connectivity index (χ0n) is 19.4. The normalized spacial score (nSPS) is 14.9. The molecule has 0 N–H and O–H groups in total. The smallest absolute Gasteiger partial charge is 0.0535 e. The molecule has 0 spiro atoms. The first-order valence-electron chi connectivity index (χ1n) is 12.7. The second kappa shape index (κ2) is 6.31. The van der Waals surface area contributed by atoms with Gasteiger partial charge in [-0.15, -0.1) is 0 Å². The highest BCUT2D eigenvalue weighted by Crippen LogP contribution is 2.55. The average Bonchev–Trinajstić information content (AvgIpc) is 3.47. The monoisotopic (exact) mass is 445 g/mol. The van der Waals surface area contributed by atoms with Crippen molar-refractivity contribution in [3.8, 4) is 22.3 Å². The number of hydrogen-bond acceptors (Lipinski definition) is 1. The van der Waals surface area contributed by atoms with Gasteiger partial charge in [0.15, 0.2) is 0 Å². The summed E-state index contributed by atoms with van der Waals surface area (Å²) in [7, 11) is 0. The van der Waals surface area contributed by atoms with Gasteiger partial charge in [-0.2, -0.15) is 0 Å². The Balaban J connectivity index is 1.30. The van der Waals surface area contributed by atoms with Crippen molar-refractivity contribution in [2.75, 3.05) is 4.90 Å². The Labute approximate surface area is 205 Å². The summed E-state index contributed by atoms with van der Waals surface area (Å²) in [5.74, 6) is 0. The zero-order chi connectivity index (χ0) is 22.7. The van der Waals surface area contributed by atoms with Crippen LogP contribution in [0.3, 0.4) is 0 Å². The number of rotatable bonds is 0. The van der Waals surface area contributed by atoms with Crippen LogP contribution >= 0.6 is 0 Å². The third-order valence-corrected chi connectivity index (χ3v) is 8.78. The lowest BCUT2D eigenvalue weighted by atomic mass is 9.82. The Morgan fingerprint density at radius 3 is 1.77 bits per heavy atom. The largest absolute Gasteiger partial charge is 0.309 e. The predicted molar refractivity (Wildman–Crippen MR) is 143 cm³/mol. The molecule has 2 aliphatic carbocycles. The van der Waals surface area contributed by atoms with Crippen molar-refractivity contribution >= 4 is 17.1 Å². The van der Waals surface area contributed by atoms with E-state index in [1.165, 1.54) is 61.6 Å². The summed E-state index contributed by atoms with van der Waals surface area (Å²) < 4.78 is 0. The number of benzene rings is 5. The molecule has 1 heteroatoms. The van der Waals surface area contributed by atoms with Crippen molar-refractivity contribution in [1.29, 1.82) is 0 Å². The molecule has 0 atom stereocenters. The van der Waals surface area contributed by atoms with E-state index in [4.69, 9.17) is 0 Å². The molecule has 35 heavy (non-hydrogen) atoms. The number of para-hydroxylation sites is 2. The van der Waals surface area contributed by atoms with E-state index in [-0.39, 0.29) is 0 Å². The molecule has 0 amide bonds. The van der Waals surface area contributed by atoms with Crippen molar-refractivity contribution in [1.82, 2.24) is 0 Å². The molecule has 0 fully saturated rings. The molecule has 1 nitrogen and oxygen atoms in total. The number of fused-ring (bicyclic) bond motifs is 12. The van der Waals surface area contributed by atoms with Gasteiger partial charge in [-0.3, -0.25) is 0 Å². The van der Waals surface area contributed by atoms with Gasteiger partial charge in [-0.1, -0.05) is 72.8 Å². The van der Waals surface area contributed by atoms with Gasteiger partial charge in [-0.25, -0.2) is 0 Å². The number of hydrogen-bond donors (Lipinski definition) is 0. The van der Waals surface area contributed by atoms with Crippen LogP contribution in [0.5, 0.6) is 0 Å². The van der Waals surface area contributed by atoms with Crippen LogP contribution in [0.4, 0.5) is 17.1 Å². The van der Waals surface area contributed by atoms with Crippen molar-refractivity contribution in [2.24, 2.45) is 0 Å². The van der Waals surface area contributed by atoms with Crippen LogP contribution in [0.15, 0.2) is 91.0 Å². The van der Waals surface area contributed by atoms with E-state index >= 15 is 0 Å². The van der Waals surface area contributed by atoms with Crippen molar-refractivity contribution in [2.45, 2.75) is 25.7 Å². The average molecular weight is 446 g/mol. The van der Waals surface area contributed by atoms with Gasteiger partial charge in [0.2, 0.25) is 0 Å². The van der Waals surface area contributed by atoms with E-state index in [0.29, 0.717) is 0 Å². The van der Waals surface area contributed by atoms with Crippen molar-refractivity contribution in [3.05, 3.63) is 136 Å². The van der Waals surface area contributed by atoms with Crippen LogP contribution in [0.1, 0.15) is 44.5 Å². The van der Waals surface area contributed by atoms with Crippen LogP contribution < -0.4 is 4.90 Å². The Morgan fingerprint density at radius 1 is 0.400 bits per heavy atom. The second-order valence-electron chi connectivity index (χ2n) is 10.5. The van der Waals surface area contributed by atoms with Gasteiger partial charge in [0.05, 0.1) is 5.69 Å². The molecule has 0 radical (unpaired) electrons. The SMILES string of the molecule is c1ccc2c(c1)Cc1c-2ccc2c1Cc1c-2cc2c3c1Cc1ccccc1N3c1ccccc1C2. The third kappa shape index (κ3) is 2.24. The van der Waals surface area contributed by atoms with Crippen LogP contribution in [0, 0.1) is 0 Å². The molecule has 2 aliphatic heterocycles. The fraction of sp³-hybridized carbons (Fsp3) is 0.118. The molecule has 5 aromatic carbocycles. The van der Waals surface area contributed by atoms with E-state index in [9.17, 15) is 0 Å². The molecule has 0 aromatic heterocycles. The second-order valence-corrected chi connectivity index (χ2v) is 10.5. The maximum atomic E-state index is 2.56. The summed E-state index contributed by atoms with van der Waals surface area (Å²) >= 11 is 0. The van der Waals surface area contributed by atoms with Crippen LogP contribution in [0.25, 0.3) is 22.3 Å². The van der Waals surface area contributed by atoms with Gasteiger partial charge in [0.25, 0.3) is 0 Å². The highest BCUT2D eigenvalue weighted by molar-refractivity contribution is 5.95. The van der Waals surface area contributed by atoms with Crippen LogP contribution in [0.2, 0.25) is 0 Å². The quantitative estimate of drug-likeness (QED) is 0.228.